The van der Waals surface area contributed by atoms with Crippen molar-refractivity contribution >= 4 is 5.91 Å². The summed E-state index contributed by atoms with van der Waals surface area (Å²) in [7, 11) is 0. The predicted octanol–water partition coefficient (Wildman–Crippen LogP) is 2.84. The van der Waals surface area contributed by atoms with Gasteiger partial charge in [-0.05, 0) is 24.7 Å². The Balaban J connectivity index is 2.33. The van der Waals surface area contributed by atoms with Crippen molar-refractivity contribution < 1.29 is 9.53 Å². The van der Waals surface area contributed by atoms with E-state index in [1.54, 1.807) is 0 Å². The molecule has 0 spiro atoms. The van der Waals surface area contributed by atoms with Crippen LogP contribution >= 0.6 is 0 Å². The Morgan fingerprint density at radius 3 is 2.24 bits per heavy atom. The summed E-state index contributed by atoms with van der Waals surface area (Å²) in [5, 5.41) is 0. The van der Waals surface area contributed by atoms with Crippen molar-refractivity contribution in [3.8, 4) is 0 Å². The number of hydrogen-bond acceptors (Lipinski definition) is 2. The quantitative estimate of drug-likeness (QED) is 0.669. The van der Waals surface area contributed by atoms with Gasteiger partial charge in [-0.3, -0.25) is 4.79 Å². The van der Waals surface area contributed by atoms with Gasteiger partial charge in [0.15, 0.2) is 0 Å². The first-order chi connectivity index (χ1) is 8.17. The lowest BCUT2D eigenvalue weighted by Crippen LogP contribution is -2.44. The van der Waals surface area contributed by atoms with Gasteiger partial charge in [0.2, 0.25) is 5.91 Å². The summed E-state index contributed by atoms with van der Waals surface area (Å²) in [4.78, 5) is 13.8. The van der Waals surface area contributed by atoms with Crippen LogP contribution in [0.5, 0.6) is 0 Å². The van der Waals surface area contributed by atoms with Gasteiger partial charge in [-0.15, -0.1) is 0 Å². The van der Waals surface area contributed by atoms with E-state index in [1.165, 1.54) is 12.8 Å². The van der Waals surface area contributed by atoms with E-state index in [2.05, 4.69) is 20.8 Å². The molecule has 1 aliphatic rings. The number of amides is 1. The Hall–Kier alpha value is -0.570. The summed E-state index contributed by atoms with van der Waals surface area (Å²) < 4.78 is 5.31. The van der Waals surface area contributed by atoms with Gasteiger partial charge >= 0.3 is 0 Å². The van der Waals surface area contributed by atoms with Crippen molar-refractivity contribution in [2.45, 2.75) is 52.9 Å². The van der Waals surface area contributed by atoms with E-state index in [9.17, 15) is 4.79 Å². The highest BCUT2D eigenvalue weighted by Gasteiger charge is 2.32. The number of rotatable bonds is 6. The van der Waals surface area contributed by atoms with Crippen LogP contribution in [0.3, 0.4) is 0 Å². The molecule has 17 heavy (non-hydrogen) atoms. The molecule has 100 valence electrons. The molecule has 0 aromatic carbocycles. The molecule has 3 heteroatoms. The molecule has 1 heterocycles. The first-order valence-electron chi connectivity index (χ1n) is 7.03. The van der Waals surface area contributed by atoms with Gasteiger partial charge < -0.3 is 9.64 Å². The SMILES string of the molecule is CCCOCC(=O)N1CCC(CC)(CC)CC1. The third-order valence-electron chi connectivity index (χ3n) is 4.25. The average Bonchev–Trinajstić information content (AvgIpc) is 2.39. The molecule has 1 amide bonds. The molecule has 3 nitrogen and oxygen atoms in total. The first kappa shape index (κ1) is 14.5. The zero-order valence-electron chi connectivity index (χ0n) is 11.6. The van der Waals surface area contributed by atoms with E-state index < -0.39 is 0 Å². The van der Waals surface area contributed by atoms with E-state index in [4.69, 9.17) is 4.74 Å². The maximum absolute atomic E-state index is 11.9. The molecule has 1 fully saturated rings. The standard InChI is InChI=1S/C14H27NO2/c1-4-11-17-12-13(16)15-9-7-14(5-2,6-3)8-10-15/h4-12H2,1-3H3. The van der Waals surface area contributed by atoms with Gasteiger partial charge in [0.25, 0.3) is 0 Å². The Kier molecular flexibility index (Phi) is 5.96. The molecule has 0 radical (unpaired) electrons. The smallest absolute Gasteiger partial charge is 0.248 e. The Morgan fingerprint density at radius 1 is 1.18 bits per heavy atom. The molecule has 0 aliphatic carbocycles. The van der Waals surface area contributed by atoms with Crippen LogP contribution in [0.25, 0.3) is 0 Å². The Labute approximate surface area is 106 Å². The molecule has 1 rings (SSSR count). The van der Waals surface area contributed by atoms with Crippen molar-refractivity contribution in [2.75, 3.05) is 26.3 Å². The summed E-state index contributed by atoms with van der Waals surface area (Å²) in [5.74, 6) is 0.166. The molecule has 1 saturated heterocycles. The van der Waals surface area contributed by atoms with Crippen molar-refractivity contribution in [3.63, 3.8) is 0 Å². The molecule has 0 aromatic rings. The lowest BCUT2D eigenvalue weighted by atomic mass is 9.74. The van der Waals surface area contributed by atoms with Gasteiger partial charge in [-0.2, -0.15) is 0 Å². The molecule has 0 bridgehead atoms. The third-order valence-corrected chi connectivity index (χ3v) is 4.25. The van der Waals surface area contributed by atoms with E-state index in [0.717, 1.165) is 32.4 Å². The van der Waals surface area contributed by atoms with Gasteiger partial charge in [0.05, 0.1) is 0 Å². The summed E-state index contributed by atoms with van der Waals surface area (Å²) in [5.41, 5.74) is 0.487. The van der Waals surface area contributed by atoms with Crippen LogP contribution in [0.4, 0.5) is 0 Å². The summed E-state index contributed by atoms with van der Waals surface area (Å²) >= 11 is 0. The van der Waals surface area contributed by atoms with Crippen LogP contribution in [-0.2, 0) is 9.53 Å². The highest BCUT2D eigenvalue weighted by Crippen LogP contribution is 2.37. The number of likely N-dealkylation sites (tertiary alicyclic amines) is 1. The molecular weight excluding hydrogens is 214 g/mol. The normalized spacial score (nSPS) is 19.4. The van der Waals surface area contributed by atoms with Crippen LogP contribution in [0.1, 0.15) is 52.9 Å². The Bertz CT molecular complexity index is 226. The second kappa shape index (κ2) is 7.00. The fourth-order valence-electron chi connectivity index (χ4n) is 2.58. The van der Waals surface area contributed by atoms with Crippen molar-refractivity contribution in [3.05, 3.63) is 0 Å². The van der Waals surface area contributed by atoms with Crippen LogP contribution < -0.4 is 0 Å². The molecule has 1 aliphatic heterocycles. The largest absolute Gasteiger partial charge is 0.372 e. The monoisotopic (exact) mass is 241 g/mol. The van der Waals surface area contributed by atoms with Crippen molar-refractivity contribution in [2.24, 2.45) is 5.41 Å². The second-order valence-electron chi connectivity index (χ2n) is 5.14. The molecular formula is C14H27NO2. The minimum absolute atomic E-state index is 0.166. The van der Waals surface area contributed by atoms with Gasteiger partial charge in [-0.1, -0.05) is 33.6 Å². The minimum atomic E-state index is 0.166. The fraction of sp³-hybridized carbons (Fsp3) is 0.929. The zero-order chi connectivity index (χ0) is 12.7. The number of piperidine rings is 1. The van der Waals surface area contributed by atoms with E-state index in [0.29, 0.717) is 12.0 Å². The predicted molar refractivity (Wildman–Crippen MR) is 69.9 cm³/mol. The maximum atomic E-state index is 11.9. The number of carbonyl (C=O) groups is 1. The first-order valence-corrected chi connectivity index (χ1v) is 7.03. The molecule has 0 unspecified atom stereocenters. The van der Waals surface area contributed by atoms with Crippen molar-refractivity contribution in [1.82, 2.24) is 4.90 Å². The average molecular weight is 241 g/mol. The summed E-state index contributed by atoms with van der Waals surface area (Å²) in [6.45, 7) is 9.37. The Morgan fingerprint density at radius 2 is 1.76 bits per heavy atom. The van der Waals surface area contributed by atoms with Gasteiger partial charge in [-0.25, -0.2) is 0 Å². The van der Waals surface area contributed by atoms with E-state index >= 15 is 0 Å². The van der Waals surface area contributed by atoms with Crippen LogP contribution in [-0.4, -0.2) is 37.1 Å². The number of nitrogens with zero attached hydrogens (tertiary/aromatic N) is 1. The molecule has 0 saturated carbocycles. The summed E-state index contributed by atoms with van der Waals surface area (Å²) in [6.07, 6.45) is 5.75. The summed E-state index contributed by atoms with van der Waals surface area (Å²) in [6, 6.07) is 0. The molecule has 0 aromatic heterocycles. The van der Waals surface area contributed by atoms with E-state index in [-0.39, 0.29) is 12.5 Å². The van der Waals surface area contributed by atoms with Gasteiger partial charge in [0.1, 0.15) is 6.61 Å². The van der Waals surface area contributed by atoms with Crippen molar-refractivity contribution in [1.29, 1.82) is 0 Å². The van der Waals surface area contributed by atoms with E-state index in [1.807, 2.05) is 4.90 Å². The third kappa shape index (κ3) is 3.98. The molecule has 0 atom stereocenters. The lowest BCUT2D eigenvalue weighted by molar-refractivity contribution is -0.138. The second-order valence-corrected chi connectivity index (χ2v) is 5.14. The zero-order valence-corrected chi connectivity index (χ0v) is 11.6. The minimum Gasteiger partial charge on any atom is -0.372 e. The highest BCUT2D eigenvalue weighted by atomic mass is 16.5. The number of hydrogen-bond donors (Lipinski definition) is 0. The lowest BCUT2D eigenvalue weighted by Gasteiger charge is -2.41. The van der Waals surface area contributed by atoms with Crippen LogP contribution in [0.15, 0.2) is 0 Å². The highest BCUT2D eigenvalue weighted by molar-refractivity contribution is 5.77. The van der Waals surface area contributed by atoms with Gasteiger partial charge in [0, 0.05) is 19.7 Å². The van der Waals surface area contributed by atoms with Crippen LogP contribution in [0, 0.1) is 5.41 Å². The number of ether oxygens (including phenoxy) is 1. The topological polar surface area (TPSA) is 29.5 Å². The fourth-order valence-corrected chi connectivity index (χ4v) is 2.58. The number of carbonyl (C=O) groups excluding carboxylic acids is 1. The van der Waals surface area contributed by atoms with Crippen LogP contribution in [0.2, 0.25) is 0 Å². The maximum Gasteiger partial charge on any atom is 0.248 e. The molecule has 0 N–H and O–H groups in total.